The number of halogens is 1. The van der Waals surface area contributed by atoms with Crippen molar-refractivity contribution < 1.29 is 4.79 Å². The van der Waals surface area contributed by atoms with Gasteiger partial charge in [-0.3, -0.25) is 4.79 Å². The van der Waals surface area contributed by atoms with E-state index in [1.54, 1.807) is 0 Å². The molecule has 0 fully saturated rings. The number of nitriles is 1. The number of aryl methyl sites for hydroxylation is 1. The molecule has 100 valence electrons. The molecular formula is C17H14BrNO. The van der Waals surface area contributed by atoms with Crippen molar-refractivity contribution in [2.75, 3.05) is 0 Å². The van der Waals surface area contributed by atoms with Crippen LogP contribution in [0.25, 0.3) is 0 Å². The number of nitrogens with zero attached hydrogens (tertiary/aromatic N) is 1. The second-order valence-corrected chi connectivity index (χ2v) is 5.53. The van der Waals surface area contributed by atoms with Gasteiger partial charge >= 0.3 is 0 Å². The number of ketones is 1. The van der Waals surface area contributed by atoms with E-state index in [1.807, 2.05) is 55.5 Å². The Morgan fingerprint density at radius 2 is 1.95 bits per heavy atom. The molecule has 2 rings (SSSR count). The zero-order valence-electron chi connectivity index (χ0n) is 11.1. The van der Waals surface area contributed by atoms with E-state index in [1.165, 1.54) is 0 Å². The van der Waals surface area contributed by atoms with E-state index in [4.69, 9.17) is 5.26 Å². The van der Waals surface area contributed by atoms with Crippen LogP contribution in [0.1, 0.15) is 33.8 Å². The summed E-state index contributed by atoms with van der Waals surface area (Å²) < 4.78 is 0.779. The van der Waals surface area contributed by atoms with Crippen molar-refractivity contribution in [1.29, 1.82) is 5.26 Å². The molecule has 3 heteroatoms. The summed E-state index contributed by atoms with van der Waals surface area (Å²) in [6.45, 7) is 1.98. The van der Waals surface area contributed by atoms with Crippen molar-refractivity contribution in [3.63, 3.8) is 0 Å². The molecule has 0 amide bonds. The zero-order valence-corrected chi connectivity index (χ0v) is 12.7. The maximum absolute atomic E-state index is 12.7. The van der Waals surface area contributed by atoms with Gasteiger partial charge in [0, 0.05) is 16.5 Å². The lowest BCUT2D eigenvalue weighted by Gasteiger charge is -2.14. The first-order chi connectivity index (χ1) is 9.63. The van der Waals surface area contributed by atoms with Gasteiger partial charge in [-0.05, 0) is 30.2 Å². The Kier molecular flexibility index (Phi) is 4.70. The van der Waals surface area contributed by atoms with Crippen LogP contribution in [0.5, 0.6) is 0 Å². The Morgan fingerprint density at radius 1 is 1.25 bits per heavy atom. The van der Waals surface area contributed by atoms with Crippen LogP contribution in [0.15, 0.2) is 53.0 Å². The average molecular weight is 328 g/mol. The van der Waals surface area contributed by atoms with E-state index >= 15 is 0 Å². The topological polar surface area (TPSA) is 40.9 Å². The lowest BCUT2D eigenvalue weighted by atomic mass is 9.88. The first kappa shape index (κ1) is 14.5. The van der Waals surface area contributed by atoms with Gasteiger partial charge in [0.1, 0.15) is 0 Å². The summed E-state index contributed by atoms with van der Waals surface area (Å²) in [5.74, 6) is -0.440. The summed E-state index contributed by atoms with van der Waals surface area (Å²) in [5.41, 5.74) is 2.59. The quantitative estimate of drug-likeness (QED) is 0.767. The summed E-state index contributed by atoms with van der Waals surface area (Å²) in [7, 11) is 0. The van der Waals surface area contributed by atoms with Crippen LogP contribution < -0.4 is 0 Å². The summed E-state index contributed by atoms with van der Waals surface area (Å²) in [6.07, 6.45) is 0.184. The fourth-order valence-electron chi connectivity index (χ4n) is 2.15. The third kappa shape index (κ3) is 3.15. The molecule has 1 atom stereocenters. The Bertz CT molecular complexity index is 658. The van der Waals surface area contributed by atoms with Gasteiger partial charge in [-0.1, -0.05) is 52.3 Å². The van der Waals surface area contributed by atoms with Crippen LogP contribution in [-0.2, 0) is 0 Å². The van der Waals surface area contributed by atoms with E-state index in [0.717, 1.165) is 15.6 Å². The molecule has 0 saturated carbocycles. The molecule has 0 aliphatic rings. The molecule has 2 aromatic rings. The number of benzene rings is 2. The minimum atomic E-state index is -0.416. The Hall–Kier alpha value is -1.92. The molecule has 0 spiro atoms. The summed E-state index contributed by atoms with van der Waals surface area (Å²) in [4.78, 5) is 12.7. The summed E-state index contributed by atoms with van der Waals surface area (Å²) in [5, 5.41) is 8.99. The number of hydrogen-bond acceptors (Lipinski definition) is 2. The minimum absolute atomic E-state index is 0.0235. The van der Waals surface area contributed by atoms with Crippen LogP contribution in [0, 0.1) is 18.3 Å². The predicted molar refractivity (Wildman–Crippen MR) is 82.6 cm³/mol. The molecule has 0 heterocycles. The normalized spacial score (nSPS) is 11.7. The molecule has 20 heavy (non-hydrogen) atoms. The van der Waals surface area contributed by atoms with Gasteiger partial charge in [-0.25, -0.2) is 0 Å². The van der Waals surface area contributed by atoms with Gasteiger partial charge < -0.3 is 0 Å². The van der Waals surface area contributed by atoms with Crippen molar-refractivity contribution in [2.24, 2.45) is 0 Å². The number of carbonyl (C=O) groups is 1. The van der Waals surface area contributed by atoms with Crippen molar-refractivity contribution in [1.82, 2.24) is 0 Å². The lowest BCUT2D eigenvalue weighted by Crippen LogP contribution is -2.13. The average Bonchev–Trinajstić information content (AvgIpc) is 2.45. The largest absolute Gasteiger partial charge is 0.293 e. The van der Waals surface area contributed by atoms with E-state index in [9.17, 15) is 4.79 Å². The van der Waals surface area contributed by atoms with Gasteiger partial charge in [0.2, 0.25) is 0 Å². The standard InChI is InChI=1S/C17H14BrNO/c1-12-7-8-15(16(18)11-12)17(20)14(9-10-19)13-5-3-2-4-6-13/h2-8,11,14H,9H2,1H3. The zero-order chi connectivity index (χ0) is 14.5. The van der Waals surface area contributed by atoms with Crippen LogP contribution in [0.4, 0.5) is 0 Å². The lowest BCUT2D eigenvalue weighted by molar-refractivity contribution is 0.0960. The van der Waals surface area contributed by atoms with E-state index in [-0.39, 0.29) is 12.2 Å². The minimum Gasteiger partial charge on any atom is -0.293 e. The highest BCUT2D eigenvalue weighted by Gasteiger charge is 2.23. The highest BCUT2D eigenvalue weighted by atomic mass is 79.9. The summed E-state index contributed by atoms with van der Waals surface area (Å²) >= 11 is 3.44. The maximum atomic E-state index is 12.7. The molecule has 0 N–H and O–H groups in total. The van der Waals surface area contributed by atoms with Gasteiger partial charge in [-0.15, -0.1) is 0 Å². The number of hydrogen-bond donors (Lipinski definition) is 0. The van der Waals surface area contributed by atoms with Crippen LogP contribution in [0.2, 0.25) is 0 Å². The number of rotatable bonds is 4. The second kappa shape index (κ2) is 6.49. The molecule has 2 nitrogen and oxygen atoms in total. The van der Waals surface area contributed by atoms with Gasteiger partial charge in [0.25, 0.3) is 0 Å². The molecule has 0 aliphatic heterocycles. The number of carbonyl (C=O) groups excluding carboxylic acids is 1. The molecule has 0 saturated heterocycles. The highest BCUT2D eigenvalue weighted by Crippen LogP contribution is 2.28. The van der Waals surface area contributed by atoms with Crippen LogP contribution >= 0.6 is 15.9 Å². The Morgan fingerprint density at radius 3 is 2.55 bits per heavy atom. The molecular weight excluding hydrogens is 314 g/mol. The smallest absolute Gasteiger partial charge is 0.172 e. The third-order valence-corrected chi connectivity index (χ3v) is 3.86. The van der Waals surface area contributed by atoms with E-state index in [2.05, 4.69) is 22.0 Å². The van der Waals surface area contributed by atoms with Crippen molar-refractivity contribution in [3.05, 3.63) is 69.7 Å². The Balaban J connectivity index is 2.40. The molecule has 0 bridgehead atoms. The molecule has 0 radical (unpaired) electrons. The SMILES string of the molecule is Cc1ccc(C(=O)C(CC#N)c2ccccc2)c(Br)c1. The third-order valence-electron chi connectivity index (χ3n) is 3.20. The van der Waals surface area contributed by atoms with Gasteiger partial charge in [-0.2, -0.15) is 5.26 Å². The molecule has 2 aromatic carbocycles. The van der Waals surface area contributed by atoms with E-state index < -0.39 is 5.92 Å². The Labute approximate surface area is 127 Å². The summed E-state index contributed by atoms with van der Waals surface area (Å²) in [6, 6.07) is 17.2. The second-order valence-electron chi connectivity index (χ2n) is 4.67. The van der Waals surface area contributed by atoms with Crippen molar-refractivity contribution in [2.45, 2.75) is 19.3 Å². The molecule has 1 unspecified atom stereocenters. The van der Waals surface area contributed by atoms with Gasteiger partial charge in [0.15, 0.2) is 5.78 Å². The maximum Gasteiger partial charge on any atom is 0.172 e. The monoisotopic (exact) mass is 327 g/mol. The van der Waals surface area contributed by atoms with Crippen molar-refractivity contribution >= 4 is 21.7 Å². The van der Waals surface area contributed by atoms with Crippen LogP contribution in [0.3, 0.4) is 0 Å². The first-order valence-corrected chi connectivity index (χ1v) is 7.15. The molecule has 0 aromatic heterocycles. The van der Waals surface area contributed by atoms with Crippen molar-refractivity contribution in [3.8, 4) is 6.07 Å². The van der Waals surface area contributed by atoms with Crippen LogP contribution in [-0.4, -0.2) is 5.78 Å². The van der Waals surface area contributed by atoms with E-state index in [0.29, 0.717) is 5.56 Å². The van der Waals surface area contributed by atoms with Gasteiger partial charge in [0.05, 0.1) is 12.0 Å². The predicted octanol–water partition coefficient (Wildman–Crippen LogP) is 4.64. The number of Topliss-reactive ketones (excluding diaryl/α,β-unsaturated/α-hetero) is 1. The highest BCUT2D eigenvalue weighted by molar-refractivity contribution is 9.10. The molecule has 0 aliphatic carbocycles. The fourth-order valence-corrected chi connectivity index (χ4v) is 2.83. The first-order valence-electron chi connectivity index (χ1n) is 6.35. The fraction of sp³-hybridized carbons (Fsp3) is 0.176.